The van der Waals surface area contributed by atoms with E-state index in [1.807, 2.05) is 6.07 Å². The highest BCUT2D eigenvalue weighted by atomic mass is 79.9. The largest absolute Gasteiger partial charge is 0.299 e. The second-order valence-electron chi connectivity index (χ2n) is 4.67. The average Bonchev–Trinajstić information content (AvgIpc) is 2.28. The Bertz CT molecular complexity index is 359. The highest BCUT2D eigenvalue weighted by Crippen LogP contribution is 2.24. The van der Waals surface area contributed by atoms with Crippen molar-refractivity contribution < 1.29 is 4.39 Å². The second kappa shape index (κ2) is 5.28. The molecule has 2 rings (SSSR count). The number of hydrogen-bond acceptors (Lipinski definition) is 1. The van der Waals surface area contributed by atoms with Crippen LogP contribution in [0.15, 0.2) is 22.7 Å². The average molecular weight is 286 g/mol. The number of piperidine rings is 1. The molecule has 1 fully saturated rings. The van der Waals surface area contributed by atoms with Gasteiger partial charge in [0.05, 0.1) is 4.47 Å². The summed E-state index contributed by atoms with van der Waals surface area (Å²) in [5, 5.41) is 0. The van der Waals surface area contributed by atoms with Crippen molar-refractivity contribution >= 4 is 15.9 Å². The molecule has 1 aromatic rings. The summed E-state index contributed by atoms with van der Waals surface area (Å²) in [7, 11) is 0. The Morgan fingerprint density at radius 1 is 1.38 bits per heavy atom. The predicted octanol–water partition coefficient (Wildman–Crippen LogP) is 3.82. The van der Waals surface area contributed by atoms with Crippen molar-refractivity contribution in [1.29, 1.82) is 0 Å². The minimum atomic E-state index is -0.164. The number of likely N-dealkylation sites (tertiary alicyclic amines) is 1. The quantitative estimate of drug-likeness (QED) is 0.799. The van der Waals surface area contributed by atoms with Gasteiger partial charge in [0.25, 0.3) is 0 Å². The number of benzene rings is 1. The van der Waals surface area contributed by atoms with E-state index in [0.717, 1.165) is 31.1 Å². The molecule has 0 N–H and O–H groups in total. The summed E-state index contributed by atoms with van der Waals surface area (Å²) >= 11 is 3.32. The number of nitrogens with zero attached hydrogens (tertiary/aromatic N) is 1. The zero-order valence-corrected chi connectivity index (χ0v) is 11.1. The van der Waals surface area contributed by atoms with Crippen molar-refractivity contribution in [3.8, 4) is 0 Å². The Hall–Kier alpha value is -0.410. The monoisotopic (exact) mass is 285 g/mol. The fourth-order valence-corrected chi connectivity index (χ4v) is 2.52. The maximum absolute atomic E-state index is 13.3. The Labute approximate surface area is 105 Å². The Kier molecular flexibility index (Phi) is 3.98. The Balaban J connectivity index is 2.01. The molecule has 1 aliphatic heterocycles. The van der Waals surface area contributed by atoms with E-state index >= 15 is 0 Å². The van der Waals surface area contributed by atoms with Crippen LogP contribution in [0.25, 0.3) is 0 Å². The maximum Gasteiger partial charge on any atom is 0.137 e. The number of rotatable bonds is 2. The van der Waals surface area contributed by atoms with Crippen molar-refractivity contribution in [2.75, 3.05) is 13.1 Å². The van der Waals surface area contributed by atoms with Gasteiger partial charge in [-0.05, 0) is 59.4 Å². The van der Waals surface area contributed by atoms with Gasteiger partial charge in [-0.15, -0.1) is 0 Å². The van der Waals surface area contributed by atoms with Gasteiger partial charge in [0, 0.05) is 6.54 Å². The first-order valence-electron chi connectivity index (χ1n) is 5.82. The van der Waals surface area contributed by atoms with Crippen LogP contribution in [0.3, 0.4) is 0 Å². The summed E-state index contributed by atoms with van der Waals surface area (Å²) in [5.74, 6) is 0.676. The van der Waals surface area contributed by atoms with Crippen LogP contribution in [0.2, 0.25) is 0 Å². The molecule has 1 heterocycles. The fourth-order valence-electron chi connectivity index (χ4n) is 2.13. The SMILES string of the molecule is CC1CCN(Cc2cccc(F)c2Br)CC1. The highest BCUT2D eigenvalue weighted by molar-refractivity contribution is 9.10. The molecule has 0 amide bonds. The molecule has 16 heavy (non-hydrogen) atoms. The van der Waals surface area contributed by atoms with Crippen molar-refractivity contribution in [2.24, 2.45) is 5.92 Å². The molecule has 1 aromatic carbocycles. The van der Waals surface area contributed by atoms with E-state index in [4.69, 9.17) is 0 Å². The van der Waals surface area contributed by atoms with Crippen LogP contribution in [-0.2, 0) is 6.54 Å². The lowest BCUT2D eigenvalue weighted by Crippen LogP contribution is -2.32. The van der Waals surface area contributed by atoms with Crippen LogP contribution in [0.5, 0.6) is 0 Å². The minimum absolute atomic E-state index is 0.164. The lowest BCUT2D eigenvalue weighted by molar-refractivity contribution is 0.185. The molecular weight excluding hydrogens is 269 g/mol. The number of hydrogen-bond donors (Lipinski definition) is 0. The van der Waals surface area contributed by atoms with Crippen LogP contribution >= 0.6 is 15.9 Å². The van der Waals surface area contributed by atoms with Gasteiger partial charge in [-0.1, -0.05) is 19.1 Å². The van der Waals surface area contributed by atoms with E-state index in [1.54, 1.807) is 6.07 Å². The van der Waals surface area contributed by atoms with Gasteiger partial charge in [0.2, 0.25) is 0 Å². The molecule has 0 aliphatic carbocycles. The molecule has 0 spiro atoms. The second-order valence-corrected chi connectivity index (χ2v) is 5.46. The molecule has 1 nitrogen and oxygen atoms in total. The van der Waals surface area contributed by atoms with Crippen LogP contribution in [0, 0.1) is 11.7 Å². The first-order chi connectivity index (χ1) is 7.66. The predicted molar refractivity (Wildman–Crippen MR) is 67.8 cm³/mol. The summed E-state index contributed by atoms with van der Waals surface area (Å²) in [5.41, 5.74) is 1.05. The van der Waals surface area contributed by atoms with Crippen molar-refractivity contribution in [3.63, 3.8) is 0 Å². The molecular formula is C13H17BrFN. The van der Waals surface area contributed by atoms with E-state index in [1.165, 1.54) is 18.9 Å². The van der Waals surface area contributed by atoms with Crippen LogP contribution < -0.4 is 0 Å². The molecule has 3 heteroatoms. The third-order valence-corrected chi connectivity index (χ3v) is 4.19. The fraction of sp³-hybridized carbons (Fsp3) is 0.538. The van der Waals surface area contributed by atoms with Gasteiger partial charge in [-0.2, -0.15) is 0 Å². The third-order valence-electron chi connectivity index (χ3n) is 3.30. The standard InChI is InChI=1S/C13H17BrFN/c1-10-5-7-16(8-6-10)9-11-3-2-4-12(15)13(11)14/h2-4,10H,5-9H2,1H3. The summed E-state index contributed by atoms with van der Waals surface area (Å²) < 4.78 is 13.9. The van der Waals surface area contributed by atoms with Gasteiger partial charge in [0.15, 0.2) is 0 Å². The lowest BCUT2D eigenvalue weighted by Gasteiger charge is -2.30. The molecule has 0 bridgehead atoms. The van der Waals surface area contributed by atoms with E-state index in [2.05, 4.69) is 27.8 Å². The summed E-state index contributed by atoms with van der Waals surface area (Å²) in [6, 6.07) is 5.26. The lowest BCUT2D eigenvalue weighted by atomic mass is 9.99. The first kappa shape index (κ1) is 12.1. The Morgan fingerprint density at radius 3 is 2.75 bits per heavy atom. The van der Waals surface area contributed by atoms with Crippen molar-refractivity contribution in [1.82, 2.24) is 4.90 Å². The van der Waals surface area contributed by atoms with Crippen molar-refractivity contribution in [3.05, 3.63) is 34.1 Å². The first-order valence-corrected chi connectivity index (χ1v) is 6.61. The van der Waals surface area contributed by atoms with Crippen LogP contribution in [-0.4, -0.2) is 18.0 Å². The molecule has 0 aromatic heterocycles. The smallest absolute Gasteiger partial charge is 0.137 e. The van der Waals surface area contributed by atoms with Gasteiger partial charge in [-0.3, -0.25) is 4.90 Å². The summed E-state index contributed by atoms with van der Waals surface area (Å²) in [6.07, 6.45) is 2.51. The van der Waals surface area contributed by atoms with E-state index in [9.17, 15) is 4.39 Å². The van der Waals surface area contributed by atoms with E-state index < -0.39 is 0 Å². The summed E-state index contributed by atoms with van der Waals surface area (Å²) in [6.45, 7) is 5.41. The van der Waals surface area contributed by atoms with E-state index in [0.29, 0.717) is 4.47 Å². The van der Waals surface area contributed by atoms with Crippen LogP contribution in [0.1, 0.15) is 25.3 Å². The molecule has 0 saturated carbocycles. The molecule has 0 atom stereocenters. The molecule has 1 saturated heterocycles. The molecule has 0 radical (unpaired) electrons. The van der Waals surface area contributed by atoms with Gasteiger partial charge in [-0.25, -0.2) is 4.39 Å². The molecule has 88 valence electrons. The highest BCUT2D eigenvalue weighted by Gasteiger charge is 2.17. The molecule has 1 aliphatic rings. The molecule has 0 unspecified atom stereocenters. The summed E-state index contributed by atoms with van der Waals surface area (Å²) in [4.78, 5) is 2.40. The van der Waals surface area contributed by atoms with Crippen molar-refractivity contribution in [2.45, 2.75) is 26.3 Å². The van der Waals surface area contributed by atoms with Crippen LogP contribution in [0.4, 0.5) is 4.39 Å². The van der Waals surface area contributed by atoms with Gasteiger partial charge < -0.3 is 0 Å². The normalized spacial score (nSPS) is 18.9. The third kappa shape index (κ3) is 2.83. The van der Waals surface area contributed by atoms with Gasteiger partial charge >= 0.3 is 0 Å². The topological polar surface area (TPSA) is 3.24 Å². The maximum atomic E-state index is 13.3. The number of halogens is 2. The minimum Gasteiger partial charge on any atom is -0.299 e. The Morgan fingerprint density at radius 2 is 2.06 bits per heavy atom. The van der Waals surface area contributed by atoms with E-state index in [-0.39, 0.29) is 5.82 Å². The zero-order valence-electron chi connectivity index (χ0n) is 9.55. The van der Waals surface area contributed by atoms with Gasteiger partial charge in [0.1, 0.15) is 5.82 Å². The zero-order chi connectivity index (χ0) is 11.5.